The lowest BCUT2D eigenvalue weighted by Gasteiger charge is -2.35. The predicted octanol–water partition coefficient (Wildman–Crippen LogP) is 4.61. The number of ether oxygens (including phenoxy) is 1. The van der Waals surface area contributed by atoms with Crippen molar-refractivity contribution in [2.24, 2.45) is 0 Å². The van der Waals surface area contributed by atoms with Gasteiger partial charge in [0.1, 0.15) is 11.1 Å². The van der Waals surface area contributed by atoms with Crippen molar-refractivity contribution in [3.63, 3.8) is 0 Å². The molecule has 0 amide bonds. The molecule has 2 fully saturated rings. The highest BCUT2D eigenvalue weighted by molar-refractivity contribution is 5.87. The quantitative estimate of drug-likeness (QED) is 0.428. The van der Waals surface area contributed by atoms with E-state index in [1.165, 1.54) is 11.1 Å². The van der Waals surface area contributed by atoms with E-state index in [1.807, 2.05) is 57.2 Å². The van der Waals surface area contributed by atoms with E-state index in [1.54, 1.807) is 6.08 Å². The fourth-order valence-electron chi connectivity index (χ4n) is 4.98. The molecule has 1 heterocycles. The molecular formula is C29H36N2O4. The lowest BCUT2D eigenvalue weighted by Crippen LogP contribution is -2.52. The number of carbonyl (C=O) groups is 2. The van der Waals surface area contributed by atoms with Gasteiger partial charge in [-0.1, -0.05) is 54.6 Å². The van der Waals surface area contributed by atoms with Crippen LogP contribution >= 0.6 is 0 Å². The van der Waals surface area contributed by atoms with Crippen molar-refractivity contribution in [2.75, 3.05) is 13.1 Å². The minimum Gasteiger partial charge on any atom is -0.478 e. The van der Waals surface area contributed by atoms with Gasteiger partial charge >= 0.3 is 11.9 Å². The Labute approximate surface area is 208 Å². The average molecular weight is 477 g/mol. The number of hydrogen-bond donors (Lipinski definition) is 2. The molecular weight excluding hydrogens is 440 g/mol. The molecule has 4 rings (SSSR count). The van der Waals surface area contributed by atoms with E-state index in [0.29, 0.717) is 0 Å². The molecule has 186 valence electrons. The Bertz CT molecular complexity index is 1070. The van der Waals surface area contributed by atoms with Crippen molar-refractivity contribution in [1.29, 1.82) is 0 Å². The first-order chi connectivity index (χ1) is 16.6. The highest BCUT2D eigenvalue weighted by Crippen LogP contribution is 2.53. The molecule has 2 aromatic rings. The molecule has 2 aliphatic rings. The van der Waals surface area contributed by atoms with E-state index in [0.717, 1.165) is 50.5 Å². The SMILES string of the molecule is CC(C)(C)OC(=O)[C@@]1(NC2CCN(Cc3cccc(/C=C/C(=O)O)c3)CC2)C[C@@H]1c1ccccc1. The molecule has 35 heavy (non-hydrogen) atoms. The number of nitrogens with zero attached hydrogens (tertiary/aromatic N) is 1. The summed E-state index contributed by atoms with van der Waals surface area (Å²) in [6, 6.07) is 18.5. The molecule has 0 aromatic heterocycles. The molecule has 1 saturated heterocycles. The van der Waals surface area contributed by atoms with Crippen LogP contribution in [0.5, 0.6) is 0 Å². The minimum atomic E-state index is -0.945. The standard InChI is InChI=1S/C29H36N2O4/c1-28(2,3)35-27(34)29(19-25(29)23-10-5-4-6-11-23)30-24-14-16-31(17-15-24)20-22-9-7-8-21(18-22)12-13-26(32)33/h4-13,18,24-25,30H,14-17,19-20H2,1-3H3,(H,32,33)/b13-12+/t25-,29-/m1/s1. The monoisotopic (exact) mass is 476 g/mol. The Balaban J connectivity index is 1.37. The third-order valence-electron chi connectivity index (χ3n) is 6.75. The van der Waals surface area contributed by atoms with Crippen molar-refractivity contribution in [2.45, 2.75) is 69.7 Å². The molecule has 6 heteroatoms. The molecule has 0 unspecified atom stereocenters. The summed E-state index contributed by atoms with van der Waals surface area (Å²) >= 11 is 0. The second-order valence-electron chi connectivity index (χ2n) is 10.8. The van der Waals surface area contributed by atoms with Gasteiger partial charge in [-0.15, -0.1) is 0 Å². The first-order valence-electron chi connectivity index (χ1n) is 12.4. The first-order valence-corrected chi connectivity index (χ1v) is 12.4. The molecule has 1 saturated carbocycles. The van der Waals surface area contributed by atoms with E-state index in [4.69, 9.17) is 9.84 Å². The van der Waals surface area contributed by atoms with Crippen LogP contribution in [-0.4, -0.2) is 52.2 Å². The van der Waals surface area contributed by atoms with Crippen LogP contribution in [0.3, 0.4) is 0 Å². The van der Waals surface area contributed by atoms with E-state index in [-0.39, 0.29) is 17.9 Å². The van der Waals surface area contributed by atoms with Crippen LogP contribution in [0, 0.1) is 0 Å². The van der Waals surface area contributed by atoms with Gasteiger partial charge in [-0.2, -0.15) is 0 Å². The third kappa shape index (κ3) is 6.59. The highest BCUT2D eigenvalue weighted by atomic mass is 16.6. The fraction of sp³-hybridized carbons (Fsp3) is 0.448. The van der Waals surface area contributed by atoms with Crippen LogP contribution in [-0.2, 0) is 20.9 Å². The van der Waals surface area contributed by atoms with Gasteiger partial charge in [-0.05, 0) is 75.9 Å². The number of nitrogens with one attached hydrogen (secondary N) is 1. The lowest BCUT2D eigenvalue weighted by atomic mass is 9.99. The molecule has 0 spiro atoms. The average Bonchev–Trinajstić information content (AvgIpc) is 3.54. The minimum absolute atomic E-state index is 0.137. The second kappa shape index (κ2) is 10.3. The van der Waals surface area contributed by atoms with E-state index in [2.05, 4.69) is 28.4 Å². The van der Waals surface area contributed by atoms with Crippen LogP contribution in [0.2, 0.25) is 0 Å². The van der Waals surface area contributed by atoms with Crippen LogP contribution in [0.15, 0.2) is 60.7 Å². The summed E-state index contributed by atoms with van der Waals surface area (Å²) in [5.41, 5.74) is 2.07. The lowest BCUT2D eigenvalue weighted by molar-refractivity contribution is -0.159. The molecule has 1 aliphatic carbocycles. The topological polar surface area (TPSA) is 78.9 Å². The highest BCUT2D eigenvalue weighted by Gasteiger charge is 2.63. The Morgan fingerprint density at radius 2 is 1.83 bits per heavy atom. The smallest absolute Gasteiger partial charge is 0.328 e. The number of benzene rings is 2. The van der Waals surface area contributed by atoms with Gasteiger partial charge in [-0.25, -0.2) is 4.79 Å². The Morgan fingerprint density at radius 3 is 2.49 bits per heavy atom. The number of esters is 1. The van der Waals surface area contributed by atoms with Crippen molar-refractivity contribution in [3.05, 3.63) is 77.4 Å². The molecule has 2 atom stereocenters. The summed E-state index contributed by atoms with van der Waals surface area (Å²) in [6.07, 6.45) is 5.48. The molecule has 2 aromatic carbocycles. The van der Waals surface area contributed by atoms with Gasteiger partial charge in [0, 0.05) is 24.6 Å². The van der Waals surface area contributed by atoms with Crippen LogP contribution in [0.25, 0.3) is 6.08 Å². The maximum absolute atomic E-state index is 13.3. The van der Waals surface area contributed by atoms with Gasteiger partial charge < -0.3 is 9.84 Å². The molecule has 0 radical (unpaired) electrons. The van der Waals surface area contributed by atoms with Gasteiger partial charge in [0.2, 0.25) is 0 Å². The summed E-state index contributed by atoms with van der Waals surface area (Å²) in [5.74, 6) is -0.954. The number of carboxylic acids is 1. The van der Waals surface area contributed by atoms with E-state index >= 15 is 0 Å². The first kappa shape index (κ1) is 25.1. The van der Waals surface area contributed by atoms with Crippen molar-refractivity contribution in [1.82, 2.24) is 10.2 Å². The molecule has 2 N–H and O–H groups in total. The number of likely N-dealkylation sites (tertiary alicyclic amines) is 1. The predicted molar refractivity (Wildman–Crippen MR) is 137 cm³/mol. The number of carbonyl (C=O) groups excluding carboxylic acids is 1. The fourth-order valence-corrected chi connectivity index (χ4v) is 4.98. The summed E-state index contributed by atoms with van der Waals surface area (Å²) in [4.78, 5) is 26.5. The van der Waals surface area contributed by atoms with Gasteiger partial charge in [-0.3, -0.25) is 15.0 Å². The van der Waals surface area contributed by atoms with Crippen LogP contribution in [0.4, 0.5) is 0 Å². The largest absolute Gasteiger partial charge is 0.478 e. The van der Waals surface area contributed by atoms with Gasteiger partial charge in [0.25, 0.3) is 0 Å². The molecule has 1 aliphatic heterocycles. The Kier molecular flexibility index (Phi) is 7.43. The summed E-state index contributed by atoms with van der Waals surface area (Å²) < 4.78 is 5.85. The molecule has 6 nitrogen and oxygen atoms in total. The van der Waals surface area contributed by atoms with Crippen LogP contribution < -0.4 is 5.32 Å². The Hall–Kier alpha value is -2.96. The van der Waals surface area contributed by atoms with E-state index in [9.17, 15) is 9.59 Å². The van der Waals surface area contributed by atoms with Gasteiger partial charge in [0.15, 0.2) is 0 Å². The maximum Gasteiger partial charge on any atom is 0.328 e. The number of aliphatic carboxylic acids is 1. The number of carboxylic acid groups (broad SMARTS) is 1. The van der Waals surface area contributed by atoms with Gasteiger partial charge in [0.05, 0.1) is 0 Å². The third-order valence-corrected chi connectivity index (χ3v) is 6.75. The van der Waals surface area contributed by atoms with E-state index < -0.39 is 17.1 Å². The normalized spacial score (nSPS) is 23.3. The van der Waals surface area contributed by atoms with Crippen molar-refractivity contribution in [3.8, 4) is 0 Å². The summed E-state index contributed by atoms with van der Waals surface area (Å²) in [6.45, 7) is 8.46. The number of rotatable bonds is 8. The Morgan fingerprint density at radius 1 is 1.11 bits per heavy atom. The summed E-state index contributed by atoms with van der Waals surface area (Å²) in [7, 11) is 0. The zero-order valence-electron chi connectivity index (χ0n) is 20.9. The van der Waals surface area contributed by atoms with Crippen LogP contribution in [0.1, 0.15) is 62.6 Å². The van der Waals surface area contributed by atoms with Crippen molar-refractivity contribution < 1.29 is 19.4 Å². The second-order valence-corrected chi connectivity index (χ2v) is 10.8. The maximum atomic E-state index is 13.3. The zero-order chi connectivity index (χ0) is 25.1. The number of hydrogen-bond acceptors (Lipinski definition) is 5. The number of piperidine rings is 1. The zero-order valence-corrected chi connectivity index (χ0v) is 20.9. The summed E-state index contributed by atoms with van der Waals surface area (Å²) in [5, 5.41) is 12.6. The van der Waals surface area contributed by atoms with Crippen molar-refractivity contribution >= 4 is 18.0 Å². The molecule has 0 bridgehead atoms.